The van der Waals surface area contributed by atoms with Crippen LogP contribution in [0.5, 0.6) is 5.75 Å². The van der Waals surface area contributed by atoms with Crippen LogP contribution in [0.1, 0.15) is 18.6 Å². The fourth-order valence-corrected chi connectivity index (χ4v) is 1.33. The summed E-state index contributed by atoms with van der Waals surface area (Å²) in [7, 11) is 0. The Morgan fingerprint density at radius 1 is 1.19 bits per heavy atom. The fourth-order valence-electron chi connectivity index (χ4n) is 1.33. The van der Waals surface area contributed by atoms with E-state index in [1.807, 2.05) is 24.3 Å². The van der Waals surface area contributed by atoms with Gasteiger partial charge in [0.1, 0.15) is 12.4 Å². The van der Waals surface area contributed by atoms with Gasteiger partial charge >= 0.3 is 0 Å². The summed E-state index contributed by atoms with van der Waals surface area (Å²) < 4.78 is 10.5. The first-order chi connectivity index (χ1) is 7.75. The highest BCUT2D eigenvalue weighted by molar-refractivity contribution is 5.34. The minimum absolute atomic E-state index is 0.0181. The Kier molecular flexibility index (Phi) is 5.85. The second-order valence-corrected chi connectivity index (χ2v) is 3.40. The van der Waals surface area contributed by atoms with E-state index in [1.54, 1.807) is 6.92 Å². The van der Waals surface area contributed by atoms with E-state index in [9.17, 15) is 5.11 Å². The minimum Gasteiger partial charge on any atom is -0.491 e. The summed E-state index contributed by atoms with van der Waals surface area (Å²) in [5.74, 6) is 0.671. The molecule has 1 aromatic carbocycles. The van der Waals surface area contributed by atoms with Gasteiger partial charge in [-0.05, 0) is 13.0 Å². The molecule has 4 heteroatoms. The van der Waals surface area contributed by atoms with Crippen LogP contribution in [0.25, 0.3) is 0 Å². The largest absolute Gasteiger partial charge is 0.491 e. The van der Waals surface area contributed by atoms with Crippen LogP contribution in [0.2, 0.25) is 0 Å². The maximum Gasteiger partial charge on any atom is 0.125 e. The molecule has 0 heterocycles. The average Bonchev–Trinajstić information content (AvgIpc) is 2.29. The minimum atomic E-state index is -0.547. The third-order valence-electron chi connectivity index (χ3n) is 2.09. The molecule has 90 valence electrons. The van der Waals surface area contributed by atoms with Crippen molar-refractivity contribution in [3.05, 3.63) is 29.8 Å². The van der Waals surface area contributed by atoms with Gasteiger partial charge in [0.25, 0.3) is 0 Å². The zero-order chi connectivity index (χ0) is 11.8. The zero-order valence-electron chi connectivity index (χ0n) is 9.43. The quantitative estimate of drug-likeness (QED) is 0.684. The molecular formula is C12H18O4. The molecule has 1 rings (SSSR count). The van der Waals surface area contributed by atoms with Crippen molar-refractivity contribution in [1.82, 2.24) is 0 Å². The van der Waals surface area contributed by atoms with E-state index < -0.39 is 6.10 Å². The Balaban J connectivity index is 2.41. The average molecular weight is 226 g/mol. The van der Waals surface area contributed by atoms with E-state index in [-0.39, 0.29) is 6.61 Å². The van der Waals surface area contributed by atoms with E-state index in [2.05, 4.69) is 0 Å². The highest BCUT2D eigenvalue weighted by Crippen LogP contribution is 2.24. The fraction of sp³-hybridized carbons (Fsp3) is 0.500. The topological polar surface area (TPSA) is 58.9 Å². The van der Waals surface area contributed by atoms with Gasteiger partial charge in [-0.15, -0.1) is 0 Å². The van der Waals surface area contributed by atoms with Crippen molar-refractivity contribution in [3.63, 3.8) is 0 Å². The predicted molar refractivity (Wildman–Crippen MR) is 60.5 cm³/mol. The first kappa shape index (κ1) is 13.0. The van der Waals surface area contributed by atoms with Crippen LogP contribution >= 0.6 is 0 Å². The zero-order valence-corrected chi connectivity index (χ0v) is 9.43. The maximum atomic E-state index is 9.50. The monoisotopic (exact) mass is 226 g/mol. The van der Waals surface area contributed by atoms with E-state index >= 15 is 0 Å². The highest BCUT2D eigenvalue weighted by Gasteiger charge is 2.07. The number of ether oxygens (including phenoxy) is 2. The van der Waals surface area contributed by atoms with E-state index in [0.29, 0.717) is 25.6 Å². The number of para-hydroxylation sites is 1. The molecule has 1 aromatic rings. The lowest BCUT2D eigenvalue weighted by Gasteiger charge is -2.13. The molecule has 0 spiro atoms. The molecule has 0 saturated carbocycles. The Bertz CT molecular complexity index is 299. The summed E-state index contributed by atoms with van der Waals surface area (Å²) in [6, 6.07) is 7.36. The maximum absolute atomic E-state index is 9.50. The number of benzene rings is 1. The molecule has 0 saturated heterocycles. The summed E-state index contributed by atoms with van der Waals surface area (Å²) >= 11 is 0. The highest BCUT2D eigenvalue weighted by atomic mass is 16.5. The molecule has 0 aliphatic heterocycles. The normalized spacial score (nSPS) is 12.4. The van der Waals surface area contributed by atoms with E-state index in [0.717, 1.165) is 5.56 Å². The Hall–Kier alpha value is -1.10. The van der Waals surface area contributed by atoms with Gasteiger partial charge < -0.3 is 19.7 Å². The summed E-state index contributed by atoms with van der Waals surface area (Å²) in [5.41, 5.74) is 0.768. The second kappa shape index (κ2) is 7.22. The lowest BCUT2D eigenvalue weighted by atomic mass is 10.1. The van der Waals surface area contributed by atoms with Crippen molar-refractivity contribution in [1.29, 1.82) is 0 Å². The molecule has 2 N–H and O–H groups in total. The molecule has 1 atom stereocenters. The van der Waals surface area contributed by atoms with Gasteiger partial charge in [-0.3, -0.25) is 0 Å². The number of aliphatic hydroxyl groups excluding tert-OH is 2. The summed E-state index contributed by atoms with van der Waals surface area (Å²) in [4.78, 5) is 0. The van der Waals surface area contributed by atoms with Gasteiger partial charge in [-0.2, -0.15) is 0 Å². The lowest BCUT2D eigenvalue weighted by Crippen LogP contribution is -2.10. The molecule has 0 aliphatic rings. The Labute approximate surface area is 95.4 Å². The van der Waals surface area contributed by atoms with Crippen LogP contribution in [0, 0.1) is 0 Å². The van der Waals surface area contributed by atoms with E-state index in [4.69, 9.17) is 14.6 Å². The molecule has 0 radical (unpaired) electrons. The van der Waals surface area contributed by atoms with Gasteiger partial charge in [-0.25, -0.2) is 0 Å². The number of hydrogen-bond acceptors (Lipinski definition) is 4. The van der Waals surface area contributed by atoms with Crippen molar-refractivity contribution in [3.8, 4) is 5.75 Å². The number of aliphatic hydroxyl groups is 2. The molecule has 16 heavy (non-hydrogen) atoms. The van der Waals surface area contributed by atoms with Crippen LogP contribution in [-0.2, 0) is 4.74 Å². The third kappa shape index (κ3) is 4.18. The Morgan fingerprint density at radius 3 is 2.62 bits per heavy atom. The molecule has 0 amide bonds. The van der Waals surface area contributed by atoms with Crippen LogP contribution in [0.4, 0.5) is 0 Å². The summed E-state index contributed by atoms with van der Waals surface area (Å²) in [6.07, 6.45) is -0.547. The molecular weight excluding hydrogens is 208 g/mol. The first-order valence-corrected chi connectivity index (χ1v) is 5.34. The molecule has 4 nitrogen and oxygen atoms in total. The van der Waals surface area contributed by atoms with Crippen LogP contribution in [0.15, 0.2) is 24.3 Å². The summed E-state index contributed by atoms with van der Waals surface area (Å²) in [6.45, 7) is 2.87. The van der Waals surface area contributed by atoms with Gasteiger partial charge in [0.05, 0.1) is 25.9 Å². The van der Waals surface area contributed by atoms with Crippen LogP contribution in [-0.4, -0.2) is 36.6 Å². The van der Waals surface area contributed by atoms with Crippen molar-refractivity contribution < 1.29 is 19.7 Å². The first-order valence-electron chi connectivity index (χ1n) is 5.34. The lowest BCUT2D eigenvalue weighted by molar-refractivity contribution is 0.0695. The van der Waals surface area contributed by atoms with Crippen molar-refractivity contribution >= 4 is 0 Å². The molecule has 0 aliphatic carbocycles. The molecule has 0 aromatic heterocycles. The van der Waals surface area contributed by atoms with Crippen molar-refractivity contribution in [2.24, 2.45) is 0 Å². The SMILES string of the molecule is C[C@@H](O)c1ccccc1OCCOCCO. The smallest absolute Gasteiger partial charge is 0.125 e. The third-order valence-corrected chi connectivity index (χ3v) is 2.09. The second-order valence-electron chi connectivity index (χ2n) is 3.40. The number of rotatable bonds is 7. The standard InChI is InChI=1S/C12H18O4/c1-10(14)11-4-2-3-5-12(11)16-9-8-15-7-6-13/h2-5,10,13-14H,6-9H2,1H3/t10-/m1/s1. The Morgan fingerprint density at radius 2 is 1.94 bits per heavy atom. The van der Waals surface area contributed by atoms with Crippen LogP contribution in [0.3, 0.4) is 0 Å². The van der Waals surface area contributed by atoms with Gasteiger partial charge in [-0.1, -0.05) is 18.2 Å². The molecule has 0 fully saturated rings. The van der Waals surface area contributed by atoms with Gasteiger partial charge in [0, 0.05) is 5.56 Å². The van der Waals surface area contributed by atoms with Gasteiger partial charge in [0.15, 0.2) is 0 Å². The number of hydrogen-bond donors (Lipinski definition) is 2. The predicted octanol–water partition coefficient (Wildman–Crippen LogP) is 1.13. The van der Waals surface area contributed by atoms with Crippen molar-refractivity contribution in [2.75, 3.05) is 26.4 Å². The summed E-state index contributed by atoms with van der Waals surface area (Å²) in [5, 5.41) is 18.0. The molecule has 0 unspecified atom stereocenters. The van der Waals surface area contributed by atoms with Crippen LogP contribution < -0.4 is 4.74 Å². The van der Waals surface area contributed by atoms with Gasteiger partial charge in [0.2, 0.25) is 0 Å². The van der Waals surface area contributed by atoms with E-state index in [1.165, 1.54) is 0 Å². The van der Waals surface area contributed by atoms with Crippen molar-refractivity contribution in [2.45, 2.75) is 13.0 Å². The molecule has 0 bridgehead atoms.